The van der Waals surface area contributed by atoms with Crippen molar-refractivity contribution in [3.8, 4) is 5.75 Å². The lowest BCUT2D eigenvalue weighted by Gasteiger charge is -2.08. The Hall–Kier alpha value is -2.66. The van der Waals surface area contributed by atoms with Crippen LogP contribution in [-0.4, -0.2) is 18.1 Å². The van der Waals surface area contributed by atoms with Crippen LogP contribution < -0.4 is 15.4 Å². The van der Waals surface area contributed by atoms with Crippen LogP contribution in [0, 0.1) is 0 Å². The molecule has 2 aromatic rings. The van der Waals surface area contributed by atoms with Crippen molar-refractivity contribution < 1.29 is 9.53 Å². The van der Waals surface area contributed by atoms with E-state index in [1.807, 2.05) is 54.6 Å². The zero-order valence-electron chi connectivity index (χ0n) is 12.8. The molecule has 0 heterocycles. The molecular weight excluding hydrogens is 308 g/mol. The number of thiocarbonyl (C=S) groups is 1. The molecule has 0 saturated carbocycles. The number of methoxy groups -OCH3 is 1. The average molecular weight is 326 g/mol. The van der Waals surface area contributed by atoms with E-state index in [0.717, 1.165) is 16.9 Å². The van der Waals surface area contributed by atoms with Crippen molar-refractivity contribution in [1.82, 2.24) is 10.6 Å². The highest BCUT2D eigenvalue weighted by molar-refractivity contribution is 7.80. The normalized spacial score (nSPS) is 10.3. The molecule has 2 rings (SSSR count). The van der Waals surface area contributed by atoms with Gasteiger partial charge >= 0.3 is 0 Å². The summed E-state index contributed by atoms with van der Waals surface area (Å²) in [7, 11) is 1.63. The number of benzene rings is 2. The smallest absolute Gasteiger partial charge is 0.250 e. The maximum atomic E-state index is 11.8. The van der Waals surface area contributed by atoms with Crippen molar-refractivity contribution in [1.29, 1.82) is 0 Å². The van der Waals surface area contributed by atoms with E-state index in [9.17, 15) is 4.79 Å². The van der Waals surface area contributed by atoms with Gasteiger partial charge in [0.15, 0.2) is 5.11 Å². The molecule has 0 aliphatic rings. The van der Waals surface area contributed by atoms with Gasteiger partial charge in [-0.3, -0.25) is 10.1 Å². The largest absolute Gasteiger partial charge is 0.497 e. The van der Waals surface area contributed by atoms with Crippen LogP contribution in [0.25, 0.3) is 6.08 Å². The van der Waals surface area contributed by atoms with Crippen molar-refractivity contribution in [2.45, 2.75) is 6.54 Å². The lowest BCUT2D eigenvalue weighted by atomic mass is 10.2. The molecule has 2 aromatic carbocycles. The van der Waals surface area contributed by atoms with Gasteiger partial charge in [0.1, 0.15) is 5.75 Å². The van der Waals surface area contributed by atoms with Gasteiger partial charge < -0.3 is 10.1 Å². The third-order valence-corrected chi connectivity index (χ3v) is 3.32. The Balaban J connectivity index is 1.77. The highest BCUT2D eigenvalue weighted by atomic mass is 32.1. The van der Waals surface area contributed by atoms with E-state index in [-0.39, 0.29) is 5.91 Å². The minimum atomic E-state index is -0.263. The molecule has 4 nitrogen and oxygen atoms in total. The molecule has 23 heavy (non-hydrogen) atoms. The molecule has 0 radical (unpaired) electrons. The molecular formula is C18H18N2O2S. The first-order chi connectivity index (χ1) is 11.2. The minimum Gasteiger partial charge on any atom is -0.497 e. The standard InChI is InChI=1S/C18H18N2O2S/c1-22-16-10-7-15(8-11-16)13-19-18(23)20-17(21)12-9-14-5-3-2-4-6-14/h2-12H,13H2,1H3,(H2,19,20,21,23)/b12-9+. The number of carbonyl (C=O) groups is 1. The Morgan fingerprint density at radius 2 is 1.83 bits per heavy atom. The predicted molar refractivity (Wildman–Crippen MR) is 96.1 cm³/mol. The molecule has 0 aromatic heterocycles. The Morgan fingerprint density at radius 3 is 2.48 bits per heavy atom. The summed E-state index contributed by atoms with van der Waals surface area (Å²) in [6.45, 7) is 0.533. The quantitative estimate of drug-likeness (QED) is 0.655. The van der Waals surface area contributed by atoms with E-state index in [1.54, 1.807) is 13.2 Å². The first kappa shape index (κ1) is 16.7. The number of rotatable bonds is 5. The van der Waals surface area contributed by atoms with E-state index in [4.69, 9.17) is 17.0 Å². The van der Waals surface area contributed by atoms with Crippen molar-refractivity contribution in [3.63, 3.8) is 0 Å². The summed E-state index contributed by atoms with van der Waals surface area (Å²) in [5.41, 5.74) is 2.00. The number of amides is 1. The SMILES string of the molecule is COc1ccc(CNC(=S)NC(=O)/C=C/c2ccccc2)cc1. The highest BCUT2D eigenvalue weighted by Gasteiger charge is 2.01. The minimum absolute atomic E-state index is 0.263. The Labute approximate surface area is 141 Å². The van der Waals surface area contributed by atoms with Crippen LogP contribution in [0.1, 0.15) is 11.1 Å². The fourth-order valence-electron chi connectivity index (χ4n) is 1.86. The number of nitrogens with one attached hydrogen (secondary N) is 2. The van der Waals surface area contributed by atoms with E-state index in [0.29, 0.717) is 11.7 Å². The summed E-state index contributed by atoms with van der Waals surface area (Å²) in [5.74, 6) is 0.539. The van der Waals surface area contributed by atoms with Crippen molar-refractivity contribution in [3.05, 3.63) is 71.8 Å². The van der Waals surface area contributed by atoms with Gasteiger partial charge in [-0.2, -0.15) is 0 Å². The van der Waals surface area contributed by atoms with E-state index in [2.05, 4.69) is 10.6 Å². The molecule has 118 valence electrons. The van der Waals surface area contributed by atoms with E-state index >= 15 is 0 Å². The average Bonchev–Trinajstić information content (AvgIpc) is 2.59. The van der Waals surface area contributed by atoms with Gasteiger partial charge in [0.2, 0.25) is 5.91 Å². The number of carbonyl (C=O) groups excluding carboxylic acids is 1. The molecule has 0 fully saturated rings. The topological polar surface area (TPSA) is 50.4 Å². The number of ether oxygens (including phenoxy) is 1. The van der Waals surface area contributed by atoms with Crippen molar-refractivity contribution in [2.24, 2.45) is 0 Å². The van der Waals surface area contributed by atoms with Crippen LogP contribution in [0.4, 0.5) is 0 Å². The summed E-state index contributed by atoms with van der Waals surface area (Å²) in [6.07, 6.45) is 3.19. The molecule has 0 saturated heterocycles. The lowest BCUT2D eigenvalue weighted by Crippen LogP contribution is -2.37. The molecule has 5 heteroatoms. The summed E-state index contributed by atoms with van der Waals surface area (Å²) in [4.78, 5) is 11.8. The van der Waals surface area contributed by atoms with E-state index in [1.165, 1.54) is 6.08 Å². The van der Waals surface area contributed by atoms with E-state index < -0.39 is 0 Å². The molecule has 0 spiro atoms. The van der Waals surface area contributed by atoms with Crippen LogP contribution in [0.2, 0.25) is 0 Å². The summed E-state index contributed by atoms with van der Waals surface area (Å²) < 4.78 is 5.10. The fourth-order valence-corrected chi connectivity index (χ4v) is 2.03. The van der Waals surface area contributed by atoms with Crippen LogP contribution in [0.15, 0.2) is 60.7 Å². The molecule has 0 aliphatic heterocycles. The van der Waals surface area contributed by atoms with Gasteiger partial charge in [-0.05, 0) is 41.6 Å². The Morgan fingerprint density at radius 1 is 1.13 bits per heavy atom. The number of hydrogen-bond acceptors (Lipinski definition) is 3. The second-order valence-corrected chi connectivity index (χ2v) is 5.17. The monoisotopic (exact) mass is 326 g/mol. The third-order valence-electron chi connectivity index (χ3n) is 3.08. The van der Waals surface area contributed by atoms with Gasteiger partial charge in [0.25, 0.3) is 0 Å². The van der Waals surface area contributed by atoms with Crippen LogP contribution in [0.3, 0.4) is 0 Å². The molecule has 1 amide bonds. The second-order valence-electron chi connectivity index (χ2n) is 4.76. The third kappa shape index (κ3) is 5.92. The van der Waals surface area contributed by atoms with Gasteiger partial charge in [-0.15, -0.1) is 0 Å². The first-order valence-corrected chi connectivity index (χ1v) is 7.53. The fraction of sp³-hybridized carbons (Fsp3) is 0.111. The Kier molecular flexibility index (Phi) is 6.32. The zero-order valence-corrected chi connectivity index (χ0v) is 13.6. The van der Waals surface area contributed by atoms with Crippen molar-refractivity contribution >= 4 is 29.3 Å². The number of hydrogen-bond donors (Lipinski definition) is 2. The van der Waals surface area contributed by atoms with Gasteiger partial charge in [-0.25, -0.2) is 0 Å². The van der Waals surface area contributed by atoms with Crippen LogP contribution >= 0.6 is 12.2 Å². The van der Waals surface area contributed by atoms with Crippen LogP contribution in [0.5, 0.6) is 5.75 Å². The van der Waals surface area contributed by atoms with Crippen molar-refractivity contribution in [2.75, 3.05) is 7.11 Å². The zero-order chi connectivity index (χ0) is 16.5. The highest BCUT2D eigenvalue weighted by Crippen LogP contribution is 2.10. The predicted octanol–water partition coefficient (Wildman–Crippen LogP) is 2.90. The summed E-state index contributed by atoms with van der Waals surface area (Å²) in [6, 6.07) is 17.2. The molecule has 0 unspecified atom stereocenters. The van der Waals surface area contributed by atoms with Gasteiger partial charge in [-0.1, -0.05) is 42.5 Å². The lowest BCUT2D eigenvalue weighted by molar-refractivity contribution is -0.115. The molecule has 2 N–H and O–H groups in total. The molecule has 0 bridgehead atoms. The van der Waals surface area contributed by atoms with Gasteiger partial charge in [0, 0.05) is 12.6 Å². The molecule has 0 aliphatic carbocycles. The maximum Gasteiger partial charge on any atom is 0.250 e. The van der Waals surface area contributed by atoms with Gasteiger partial charge in [0.05, 0.1) is 7.11 Å². The first-order valence-electron chi connectivity index (χ1n) is 7.12. The summed E-state index contributed by atoms with van der Waals surface area (Å²) >= 11 is 5.11. The van der Waals surface area contributed by atoms with Crippen LogP contribution in [-0.2, 0) is 11.3 Å². The maximum absolute atomic E-state index is 11.8. The Bertz CT molecular complexity index is 682. The molecule has 0 atom stereocenters. The summed E-state index contributed by atoms with van der Waals surface area (Å²) in [5, 5.41) is 5.90. The second kappa shape index (κ2) is 8.70.